The summed E-state index contributed by atoms with van der Waals surface area (Å²) in [7, 11) is 0. The number of aromatic nitrogens is 2. The van der Waals surface area contributed by atoms with Crippen LogP contribution in [-0.4, -0.2) is 21.7 Å². The molecule has 1 heterocycles. The number of para-hydroxylation sites is 2. The average Bonchev–Trinajstić information content (AvgIpc) is 2.89. The minimum absolute atomic E-state index is 0.0473. The van der Waals surface area contributed by atoms with Gasteiger partial charge in [-0.25, -0.2) is 4.79 Å². The second-order valence-electron chi connectivity index (χ2n) is 5.90. The topological polar surface area (TPSA) is 53.2 Å². The van der Waals surface area contributed by atoms with Crippen molar-refractivity contribution in [3.8, 4) is 0 Å². The van der Waals surface area contributed by atoms with Crippen LogP contribution in [0.1, 0.15) is 25.3 Å². The van der Waals surface area contributed by atoms with Gasteiger partial charge in [-0.2, -0.15) is 0 Å². The van der Waals surface area contributed by atoms with Crippen molar-refractivity contribution < 1.29 is 9.53 Å². The van der Waals surface area contributed by atoms with Gasteiger partial charge in [-0.05, 0) is 31.0 Å². The highest BCUT2D eigenvalue weighted by Crippen LogP contribution is 2.15. The zero-order valence-electron chi connectivity index (χ0n) is 14.4. The number of hydrogen-bond donors (Lipinski definition) is 0. The Kier molecular flexibility index (Phi) is 5.33. The lowest BCUT2D eigenvalue weighted by Gasteiger charge is -2.04. The highest BCUT2D eigenvalue weighted by atomic mass is 16.5. The Balaban J connectivity index is 1.87. The number of fused-ring (bicyclic) bond motifs is 1. The van der Waals surface area contributed by atoms with Crippen LogP contribution in [0.3, 0.4) is 0 Å². The third-order valence-corrected chi connectivity index (χ3v) is 4.18. The second-order valence-corrected chi connectivity index (χ2v) is 5.90. The number of esters is 1. The molecule has 130 valence electrons. The van der Waals surface area contributed by atoms with Crippen LogP contribution in [-0.2, 0) is 22.6 Å². The number of hydrogen-bond acceptors (Lipinski definition) is 3. The maximum absolute atomic E-state index is 12.9. The zero-order valence-corrected chi connectivity index (χ0v) is 14.4. The van der Waals surface area contributed by atoms with Gasteiger partial charge in [-0.15, -0.1) is 0 Å². The maximum atomic E-state index is 12.9. The van der Waals surface area contributed by atoms with Gasteiger partial charge in [-0.1, -0.05) is 42.5 Å². The van der Waals surface area contributed by atoms with Gasteiger partial charge in [0.25, 0.3) is 0 Å². The first-order valence-corrected chi connectivity index (χ1v) is 8.58. The Labute approximate surface area is 146 Å². The lowest BCUT2D eigenvalue weighted by molar-refractivity contribution is -0.143. The number of aryl methyl sites for hydroxylation is 1. The molecule has 0 radical (unpaired) electrons. The summed E-state index contributed by atoms with van der Waals surface area (Å²) >= 11 is 0. The summed E-state index contributed by atoms with van der Waals surface area (Å²) in [5.41, 5.74) is 2.84. The fourth-order valence-corrected chi connectivity index (χ4v) is 3.02. The summed E-state index contributed by atoms with van der Waals surface area (Å²) in [6.07, 6.45) is 0.899. The summed E-state index contributed by atoms with van der Waals surface area (Å²) in [6.45, 7) is 3.21. The molecule has 0 atom stereocenters. The molecule has 3 aromatic rings. The van der Waals surface area contributed by atoms with Gasteiger partial charge in [0.2, 0.25) is 0 Å². The van der Waals surface area contributed by atoms with Gasteiger partial charge in [0.05, 0.1) is 24.2 Å². The Morgan fingerprint density at radius 1 is 0.960 bits per heavy atom. The molecule has 0 saturated carbocycles. The van der Waals surface area contributed by atoms with Crippen molar-refractivity contribution in [3.05, 3.63) is 70.6 Å². The molecule has 0 saturated heterocycles. The van der Waals surface area contributed by atoms with Crippen LogP contribution in [0.5, 0.6) is 0 Å². The molecule has 5 heteroatoms. The first-order chi connectivity index (χ1) is 12.2. The second kappa shape index (κ2) is 7.83. The van der Waals surface area contributed by atoms with Crippen LogP contribution in [0.2, 0.25) is 0 Å². The molecule has 0 amide bonds. The molecule has 1 aromatic heterocycles. The van der Waals surface area contributed by atoms with Crippen molar-refractivity contribution in [2.24, 2.45) is 0 Å². The lowest BCUT2D eigenvalue weighted by Crippen LogP contribution is -2.25. The van der Waals surface area contributed by atoms with E-state index in [1.165, 1.54) is 0 Å². The standard InChI is InChI=1S/C20H22N2O3/c1-2-25-19(23)13-8-14-21-17-11-6-7-12-18(17)22(20(21)24)15-16-9-4-3-5-10-16/h3-7,9-12H,2,8,13-15H2,1H3. The molecular weight excluding hydrogens is 316 g/mol. The van der Waals surface area contributed by atoms with E-state index >= 15 is 0 Å². The third-order valence-electron chi connectivity index (χ3n) is 4.18. The van der Waals surface area contributed by atoms with Crippen LogP contribution in [0.25, 0.3) is 11.0 Å². The largest absolute Gasteiger partial charge is 0.466 e. The smallest absolute Gasteiger partial charge is 0.329 e. The number of nitrogens with zero attached hydrogens (tertiary/aromatic N) is 2. The van der Waals surface area contributed by atoms with E-state index in [0.717, 1.165) is 16.6 Å². The zero-order chi connectivity index (χ0) is 17.6. The van der Waals surface area contributed by atoms with Crippen LogP contribution >= 0.6 is 0 Å². The molecule has 0 N–H and O–H groups in total. The van der Waals surface area contributed by atoms with Crippen molar-refractivity contribution in [2.45, 2.75) is 32.9 Å². The fourth-order valence-electron chi connectivity index (χ4n) is 3.02. The van der Waals surface area contributed by atoms with E-state index in [-0.39, 0.29) is 11.7 Å². The molecule has 0 aliphatic rings. The molecular formula is C20H22N2O3. The van der Waals surface area contributed by atoms with Gasteiger partial charge >= 0.3 is 11.7 Å². The molecule has 0 bridgehead atoms. The number of benzene rings is 2. The van der Waals surface area contributed by atoms with E-state index in [9.17, 15) is 9.59 Å². The number of carbonyl (C=O) groups excluding carboxylic acids is 1. The van der Waals surface area contributed by atoms with E-state index in [0.29, 0.717) is 32.5 Å². The molecule has 0 aliphatic heterocycles. The van der Waals surface area contributed by atoms with Crippen molar-refractivity contribution in [2.75, 3.05) is 6.61 Å². The summed E-state index contributed by atoms with van der Waals surface area (Å²) in [5, 5.41) is 0. The highest BCUT2D eigenvalue weighted by molar-refractivity contribution is 5.76. The Morgan fingerprint density at radius 2 is 1.60 bits per heavy atom. The van der Waals surface area contributed by atoms with E-state index < -0.39 is 0 Å². The van der Waals surface area contributed by atoms with Gasteiger partial charge in [0.15, 0.2) is 0 Å². The van der Waals surface area contributed by atoms with E-state index in [2.05, 4.69) is 0 Å². The molecule has 0 fully saturated rings. The van der Waals surface area contributed by atoms with Gasteiger partial charge in [0, 0.05) is 13.0 Å². The number of rotatable bonds is 7. The van der Waals surface area contributed by atoms with Crippen molar-refractivity contribution in [1.29, 1.82) is 0 Å². The van der Waals surface area contributed by atoms with Crippen LogP contribution in [0.4, 0.5) is 0 Å². The first-order valence-electron chi connectivity index (χ1n) is 8.58. The molecule has 0 aliphatic carbocycles. The van der Waals surface area contributed by atoms with Crippen LogP contribution in [0.15, 0.2) is 59.4 Å². The Bertz CT molecular complexity index is 910. The van der Waals surface area contributed by atoms with Crippen molar-refractivity contribution in [1.82, 2.24) is 9.13 Å². The fraction of sp³-hybridized carbons (Fsp3) is 0.300. The number of carbonyl (C=O) groups is 1. The predicted molar refractivity (Wildman–Crippen MR) is 97.6 cm³/mol. The summed E-state index contributed by atoms with van der Waals surface area (Å²) < 4.78 is 8.48. The highest BCUT2D eigenvalue weighted by Gasteiger charge is 2.13. The SMILES string of the molecule is CCOC(=O)CCCn1c(=O)n(Cc2ccccc2)c2ccccc21. The van der Waals surface area contributed by atoms with Gasteiger partial charge < -0.3 is 4.74 Å². The van der Waals surface area contributed by atoms with Gasteiger partial charge in [0.1, 0.15) is 0 Å². The molecule has 3 rings (SSSR count). The van der Waals surface area contributed by atoms with E-state index in [4.69, 9.17) is 4.74 Å². The average molecular weight is 338 g/mol. The monoisotopic (exact) mass is 338 g/mol. The molecule has 5 nitrogen and oxygen atoms in total. The molecule has 0 spiro atoms. The summed E-state index contributed by atoms with van der Waals surface area (Å²) in [6, 6.07) is 17.7. The quantitative estimate of drug-likeness (QED) is 0.622. The molecule has 0 unspecified atom stereocenters. The normalized spacial score (nSPS) is 10.9. The Morgan fingerprint density at radius 3 is 2.28 bits per heavy atom. The minimum Gasteiger partial charge on any atom is -0.466 e. The van der Waals surface area contributed by atoms with Crippen LogP contribution < -0.4 is 5.69 Å². The van der Waals surface area contributed by atoms with Crippen LogP contribution in [0, 0.1) is 0 Å². The molecule has 2 aromatic carbocycles. The first kappa shape index (κ1) is 17.0. The number of ether oxygens (including phenoxy) is 1. The summed E-state index contributed by atoms with van der Waals surface area (Å²) in [5.74, 6) is -0.219. The molecule has 25 heavy (non-hydrogen) atoms. The predicted octanol–water partition coefficient (Wildman–Crippen LogP) is 3.19. The number of imidazole rings is 1. The lowest BCUT2D eigenvalue weighted by atomic mass is 10.2. The minimum atomic E-state index is -0.219. The Hall–Kier alpha value is -2.82. The van der Waals surface area contributed by atoms with Gasteiger partial charge in [-0.3, -0.25) is 13.9 Å². The van der Waals surface area contributed by atoms with E-state index in [1.807, 2.05) is 54.6 Å². The summed E-state index contributed by atoms with van der Waals surface area (Å²) in [4.78, 5) is 24.4. The third kappa shape index (κ3) is 3.82. The maximum Gasteiger partial charge on any atom is 0.329 e. The van der Waals surface area contributed by atoms with Crippen molar-refractivity contribution >= 4 is 17.0 Å². The van der Waals surface area contributed by atoms with Crippen molar-refractivity contribution in [3.63, 3.8) is 0 Å². The van der Waals surface area contributed by atoms with E-state index in [1.54, 1.807) is 16.1 Å².